The molecule has 11 nitrogen and oxygen atoms in total. The summed E-state index contributed by atoms with van der Waals surface area (Å²) in [7, 11) is -3.58. The molecule has 3 rings (SSSR count). The predicted molar refractivity (Wildman–Crippen MR) is 93.9 cm³/mol. The fraction of sp³-hybridized carbons (Fsp3) is 0.533. The molecule has 0 aromatic carbocycles. The van der Waals surface area contributed by atoms with Crippen LogP contribution in [0.25, 0.3) is 0 Å². The van der Waals surface area contributed by atoms with Gasteiger partial charge in [0.25, 0.3) is 0 Å². The molecule has 1 aliphatic heterocycles. The van der Waals surface area contributed by atoms with Gasteiger partial charge in [0.1, 0.15) is 18.5 Å². The quantitative estimate of drug-likeness (QED) is 0.762. The Morgan fingerprint density at radius 1 is 1.30 bits per heavy atom. The van der Waals surface area contributed by atoms with Crippen molar-refractivity contribution >= 4 is 27.7 Å². The molecule has 1 saturated heterocycles. The number of carbonyl (C=O) groups excluding carboxylic acids is 1. The number of aromatic nitrogens is 4. The number of anilines is 2. The number of sulfone groups is 1. The summed E-state index contributed by atoms with van der Waals surface area (Å²) in [4.78, 5) is 22.0. The molecule has 1 unspecified atom stereocenters. The Hall–Kier alpha value is -2.76. The number of carbonyl (C=O) groups is 1. The Labute approximate surface area is 156 Å². The van der Waals surface area contributed by atoms with Crippen molar-refractivity contribution in [2.45, 2.75) is 38.1 Å². The number of hydrogen-bond donors (Lipinski definition) is 1. The van der Waals surface area contributed by atoms with E-state index >= 15 is 0 Å². The lowest BCUT2D eigenvalue weighted by molar-refractivity contribution is 0.177. The molecule has 2 atom stereocenters. The van der Waals surface area contributed by atoms with Crippen LogP contribution in [0.3, 0.4) is 0 Å². The largest absolute Gasteiger partial charge is 0.447 e. The number of nitrogens with one attached hydrogen (secondary N) is 1. The Morgan fingerprint density at radius 2 is 2.04 bits per heavy atom. The molecule has 1 N–H and O–H groups in total. The molecule has 0 radical (unpaired) electrons. The molecule has 0 saturated carbocycles. The molecule has 2 aromatic heterocycles. The van der Waals surface area contributed by atoms with Gasteiger partial charge >= 0.3 is 11.3 Å². The van der Waals surface area contributed by atoms with Gasteiger partial charge in [-0.3, -0.25) is 4.90 Å². The summed E-state index contributed by atoms with van der Waals surface area (Å²) in [5.41, 5.74) is 0. The third kappa shape index (κ3) is 3.99. The van der Waals surface area contributed by atoms with E-state index in [1.165, 1.54) is 11.1 Å². The average Bonchev–Trinajstić information content (AvgIpc) is 3.21. The number of amides is 1. The summed E-state index contributed by atoms with van der Waals surface area (Å²) >= 11 is 0. The third-order valence-corrected chi connectivity index (χ3v) is 4.82. The zero-order valence-electron chi connectivity index (χ0n) is 15.3. The fourth-order valence-electron chi connectivity index (χ4n) is 2.54. The lowest BCUT2D eigenvalue weighted by Crippen LogP contribution is -2.37. The van der Waals surface area contributed by atoms with Gasteiger partial charge in [0, 0.05) is 12.5 Å². The van der Waals surface area contributed by atoms with Crippen molar-refractivity contribution in [2.24, 2.45) is 5.92 Å². The molecule has 0 aliphatic carbocycles. The first-order valence-corrected chi connectivity index (χ1v) is 10.1. The summed E-state index contributed by atoms with van der Waals surface area (Å²) in [6.45, 7) is 5.99. The fourth-order valence-corrected chi connectivity index (χ4v) is 2.97. The van der Waals surface area contributed by atoms with Crippen LogP contribution in [0.4, 0.5) is 16.6 Å². The first-order chi connectivity index (χ1) is 12.7. The minimum atomic E-state index is -3.58. The first kappa shape index (κ1) is 19.0. The average molecular weight is 396 g/mol. The summed E-state index contributed by atoms with van der Waals surface area (Å²) in [5, 5.41) is 9.74. The van der Waals surface area contributed by atoms with Crippen LogP contribution in [0.15, 0.2) is 21.9 Å². The highest BCUT2D eigenvalue weighted by molar-refractivity contribution is 7.90. The molecule has 1 amide bonds. The molecular formula is C15H20N6O5S. The maximum atomic E-state index is 12.1. The van der Waals surface area contributed by atoms with Crippen molar-refractivity contribution in [3.05, 3.63) is 18.2 Å². The van der Waals surface area contributed by atoms with Crippen LogP contribution in [0.1, 0.15) is 32.7 Å². The highest BCUT2D eigenvalue weighted by Gasteiger charge is 2.37. The Kier molecular flexibility index (Phi) is 5.00. The van der Waals surface area contributed by atoms with Crippen molar-refractivity contribution in [1.82, 2.24) is 20.2 Å². The Balaban J connectivity index is 1.80. The molecule has 12 heteroatoms. The van der Waals surface area contributed by atoms with E-state index in [1.807, 2.05) is 13.8 Å². The molecule has 1 aliphatic rings. The molecule has 146 valence electrons. The summed E-state index contributed by atoms with van der Waals surface area (Å²) < 4.78 is 33.2. The third-order valence-electron chi connectivity index (χ3n) is 4.02. The number of hydrogen-bond acceptors (Lipinski definition) is 10. The van der Waals surface area contributed by atoms with E-state index < -0.39 is 27.2 Å². The van der Waals surface area contributed by atoms with E-state index in [2.05, 4.69) is 25.5 Å². The number of rotatable bonds is 6. The summed E-state index contributed by atoms with van der Waals surface area (Å²) in [5.74, 6) is 0.893. The molecule has 0 spiro atoms. The van der Waals surface area contributed by atoms with Crippen LogP contribution in [-0.4, -0.2) is 53.6 Å². The Morgan fingerprint density at radius 3 is 2.67 bits per heavy atom. The van der Waals surface area contributed by atoms with Gasteiger partial charge in [-0.05, 0) is 18.9 Å². The van der Waals surface area contributed by atoms with Crippen molar-refractivity contribution in [3.63, 3.8) is 0 Å². The number of ether oxygens (including phenoxy) is 1. The first-order valence-electron chi connectivity index (χ1n) is 8.26. The van der Waals surface area contributed by atoms with E-state index in [0.717, 1.165) is 6.26 Å². The SMILES string of the molecule is CC(C)C1COC(=O)N1c1ccnc(N[C@@H](C)c2nnc(S(C)(=O)=O)o2)n1. The zero-order valence-corrected chi connectivity index (χ0v) is 16.1. The molecule has 27 heavy (non-hydrogen) atoms. The number of cyclic esters (lactones) is 1. The van der Waals surface area contributed by atoms with Gasteiger partial charge in [0.2, 0.25) is 21.7 Å². The maximum absolute atomic E-state index is 12.1. The predicted octanol–water partition coefficient (Wildman–Crippen LogP) is 1.42. The van der Waals surface area contributed by atoms with Crippen LogP contribution < -0.4 is 10.2 Å². The highest BCUT2D eigenvalue weighted by Crippen LogP contribution is 2.26. The van der Waals surface area contributed by atoms with Gasteiger partial charge in [-0.15, -0.1) is 5.10 Å². The van der Waals surface area contributed by atoms with Crippen molar-refractivity contribution in [3.8, 4) is 0 Å². The lowest BCUT2D eigenvalue weighted by Gasteiger charge is -2.23. The van der Waals surface area contributed by atoms with Crippen LogP contribution in [0, 0.1) is 5.92 Å². The highest BCUT2D eigenvalue weighted by atomic mass is 32.2. The minimum absolute atomic E-state index is 0.0741. The topological polar surface area (TPSA) is 140 Å². The lowest BCUT2D eigenvalue weighted by atomic mass is 10.0. The smallest absolute Gasteiger partial charge is 0.415 e. The van der Waals surface area contributed by atoms with Gasteiger partial charge < -0.3 is 14.5 Å². The second-order valence-electron chi connectivity index (χ2n) is 6.54. The summed E-state index contributed by atoms with van der Waals surface area (Å²) in [6, 6.07) is 0.951. The molecule has 1 fully saturated rings. The van der Waals surface area contributed by atoms with E-state index in [4.69, 9.17) is 9.15 Å². The van der Waals surface area contributed by atoms with Gasteiger partial charge in [-0.1, -0.05) is 18.9 Å². The monoisotopic (exact) mass is 396 g/mol. The van der Waals surface area contributed by atoms with Gasteiger partial charge in [0.15, 0.2) is 0 Å². The normalized spacial score (nSPS) is 18.6. The van der Waals surface area contributed by atoms with Crippen LogP contribution in [-0.2, 0) is 14.6 Å². The molecule has 2 aromatic rings. The zero-order chi connectivity index (χ0) is 19.8. The van der Waals surface area contributed by atoms with Crippen LogP contribution >= 0.6 is 0 Å². The second-order valence-corrected chi connectivity index (χ2v) is 8.43. The van der Waals surface area contributed by atoms with Crippen molar-refractivity contribution in [2.75, 3.05) is 23.1 Å². The molecular weight excluding hydrogens is 376 g/mol. The number of nitrogens with zero attached hydrogens (tertiary/aromatic N) is 5. The van der Waals surface area contributed by atoms with E-state index in [-0.39, 0.29) is 23.8 Å². The van der Waals surface area contributed by atoms with E-state index in [9.17, 15) is 13.2 Å². The maximum Gasteiger partial charge on any atom is 0.415 e. The van der Waals surface area contributed by atoms with Crippen LogP contribution in [0.2, 0.25) is 0 Å². The van der Waals surface area contributed by atoms with Gasteiger partial charge in [-0.2, -0.15) is 4.98 Å². The van der Waals surface area contributed by atoms with Crippen LogP contribution in [0.5, 0.6) is 0 Å². The standard InChI is InChI=1S/C15H20N6O5S/c1-8(2)10-7-25-15(22)21(10)11-5-6-16-13(18-11)17-9(3)12-19-20-14(26-12)27(4,23)24/h5-6,8-10H,7H2,1-4H3,(H,16,17,18)/t9-,10?/m0/s1. The minimum Gasteiger partial charge on any atom is -0.447 e. The van der Waals surface area contributed by atoms with E-state index in [0.29, 0.717) is 12.4 Å². The van der Waals surface area contributed by atoms with Gasteiger partial charge in [-0.25, -0.2) is 18.2 Å². The molecule has 0 bridgehead atoms. The van der Waals surface area contributed by atoms with Gasteiger partial charge in [0.05, 0.1) is 6.04 Å². The Bertz CT molecular complexity index is 944. The second kappa shape index (κ2) is 7.10. The molecule has 3 heterocycles. The van der Waals surface area contributed by atoms with Crippen molar-refractivity contribution < 1.29 is 22.4 Å². The van der Waals surface area contributed by atoms with Crippen molar-refractivity contribution in [1.29, 1.82) is 0 Å². The van der Waals surface area contributed by atoms with E-state index in [1.54, 1.807) is 13.0 Å². The summed E-state index contributed by atoms with van der Waals surface area (Å²) in [6.07, 6.45) is 2.03.